The van der Waals surface area contributed by atoms with Gasteiger partial charge >= 0.3 is 0 Å². The van der Waals surface area contributed by atoms with E-state index < -0.39 is 0 Å². The lowest BCUT2D eigenvalue weighted by Gasteiger charge is -2.26. The van der Waals surface area contributed by atoms with E-state index >= 15 is 0 Å². The predicted octanol–water partition coefficient (Wildman–Crippen LogP) is 11.9. The Bertz CT molecular complexity index is 2620. The molecule has 5 aromatic carbocycles. The minimum absolute atomic E-state index is 0.00328. The van der Waals surface area contributed by atoms with Gasteiger partial charge in [0.2, 0.25) is 0 Å². The first-order valence-electron chi connectivity index (χ1n) is 18.5. The van der Waals surface area contributed by atoms with E-state index in [1.165, 1.54) is 22.1 Å². The zero-order valence-corrected chi connectivity index (χ0v) is 32.3. The van der Waals surface area contributed by atoms with Crippen LogP contribution >= 0.6 is 0 Å². The van der Waals surface area contributed by atoms with Crippen molar-refractivity contribution in [3.05, 3.63) is 151 Å². The fourth-order valence-electron chi connectivity index (χ4n) is 7.14. The SMILES string of the molecule is CC(C)(C)c1cc(-[n+]2[c-]n(-c3cccc(Oc4ccc5c6ccccc6n(-c6cc(C(C)(C)C)ccn6)c5c4)c3)c3ccccc32)cc(C(C)(C)C)c1. The maximum absolute atomic E-state index is 6.66. The Hall–Kier alpha value is -5.68. The van der Waals surface area contributed by atoms with Gasteiger partial charge in [-0.15, -0.1) is 0 Å². The van der Waals surface area contributed by atoms with Crippen LogP contribution in [-0.2, 0) is 16.2 Å². The van der Waals surface area contributed by atoms with Crippen LogP contribution < -0.4 is 9.30 Å². The summed E-state index contributed by atoms with van der Waals surface area (Å²) in [5.74, 6) is 2.41. The number of aromatic nitrogens is 4. The number of pyridine rings is 1. The quantitative estimate of drug-likeness (QED) is 0.133. The van der Waals surface area contributed by atoms with E-state index in [2.05, 4.69) is 192 Å². The zero-order valence-electron chi connectivity index (χ0n) is 32.3. The molecule has 0 N–H and O–H groups in total. The smallest absolute Gasteiger partial charge is 0.269 e. The Labute approximate surface area is 313 Å². The molecule has 53 heavy (non-hydrogen) atoms. The average molecular weight is 697 g/mol. The van der Waals surface area contributed by atoms with E-state index in [1.807, 2.05) is 18.3 Å². The van der Waals surface area contributed by atoms with Crippen molar-refractivity contribution in [2.45, 2.75) is 78.6 Å². The van der Waals surface area contributed by atoms with Gasteiger partial charge in [0, 0.05) is 23.0 Å². The van der Waals surface area contributed by atoms with Gasteiger partial charge in [-0.3, -0.25) is 13.7 Å². The number of rotatable bonds is 5. The number of ether oxygens (including phenoxy) is 1. The van der Waals surface area contributed by atoms with Crippen molar-refractivity contribution in [3.63, 3.8) is 0 Å². The fraction of sp³-hybridized carbons (Fsp3) is 0.250. The second kappa shape index (κ2) is 12.5. The van der Waals surface area contributed by atoms with Gasteiger partial charge < -0.3 is 4.74 Å². The highest BCUT2D eigenvalue weighted by Crippen LogP contribution is 2.37. The van der Waals surface area contributed by atoms with Crippen molar-refractivity contribution in [1.82, 2.24) is 14.1 Å². The number of imidazole rings is 1. The van der Waals surface area contributed by atoms with Crippen LogP contribution in [0.4, 0.5) is 0 Å². The van der Waals surface area contributed by atoms with Crippen LogP contribution in [0, 0.1) is 6.33 Å². The number of fused-ring (bicyclic) bond motifs is 4. The van der Waals surface area contributed by atoms with E-state index in [0.29, 0.717) is 0 Å². The molecule has 0 radical (unpaired) electrons. The molecule has 5 heteroatoms. The van der Waals surface area contributed by atoms with Gasteiger partial charge in [0.05, 0.1) is 33.4 Å². The van der Waals surface area contributed by atoms with E-state index in [0.717, 1.165) is 56.1 Å². The van der Waals surface area contributed by atoms with E-state index in [9.17, 15) is 0 Å². The van der Waals surface area contributed by atoms with Crippen LogP contribution in [0.5, 0.6) is 11.5 Å². The maximum atomic E-state index is 6.66. The summed E-state index contributed by atoms with van der Waals surface area (Å²) >= 11 is 0. The van der Waals surface area contributed by atoms with Crippen LogP contribution in [0.2, 0.25) is 0 Å². The van der Waals surface area contributed by atoms with Gasteiger partial charge in [0.15, 0.2) is 0 Å². The van der Waals surface area contributed by atoms with Crippen LogP contribution in [0.1, 0.15) is 79.0 Å². The molecule has 0 aliphatic rings. The second-order valence-electron chi connectivity index (χ2n) is 17.3. The number of para-hydroxylation sites is 3. The molecule has 3 aromatic heterocycles. The highest BCUT2D eigenvalue weighted by atomic mass is 16.5. The molecule has 8 aromatic rings. The molecular weight excluding hydrogens is 649 g/mol. The molecule has 0 amide bonds. The molecule has 0 aliphatic heterocycles. The largest absolute Gasteiger partial charge is 0.458 e. The normalized spacial score (nSPS) is 12.6. The molecule has 0 fully saturated rings. The lowest BCUT2D eigenvalue weighted by atomic mass is 9.80. The Morgan fingerprint density at radius 2 is 1.19 bits per heavy atom. The van der Waals surface area contributed by atoms with Crippen LogP contribution in [0.3, 0.4) is 0 Å². The monoisotopic (exact) mass is 696 g/mol. The van der Waals surface area contributed by atoms with Gasteiger partial charge in [-0.05, 0) is 93.6 Å². The number of hydrogen-bond acceptors (Lipinski definition) is 2. The lowest BCUT2D eigenvalue weighted by Crippen LogP contribution is -2.31. The maximum Gasteiger partial charge on any atom is 0.269 e. The summed E-state index contributed by atoms with van der Waals surface area (Å²) in [6.45, 7) is 20.4. The Balaban J connectivity index is 1.21. The number of nitrogens with zero attached hydrogens (tertiary/aromatic N) is 4. The minimum atomic E-state index is 0.00328. The third kappa shape index (κ3) is 6.39. The molecular formula is C48H48N4O. The molecule has 266 valence electrons. The third-order valence-corrected chi connectivity index (χ3v) is 10.3. The second-order valence-corrected chi connectivity index (χ2v) is 17.3. The van der Waals surface area contributed by atoms with Gasteiger partial charge in [-0.2, -0.15) is 0 Å². The van der Waals surface area contributed by atoms with Crippen LogP contribution in [0.15, 0.2) is 128 Å². The van der Waals surface area contributed by atoms with Gasteiger partial charge in [0.1, 0.15) is 17.3 Å². The molecule has 0 saturated carbocycles. The molecule has 8 rings (SSSR count). The molecule has 0 saturated heterocycles. The molecule has 0 aliphatic carbocycles. The Morgan fingerprint density at radius 1 is 0.547 bits per heavy atom. The first kappa shape index (κ1) is 34.4. The summed E-state index contributed by atoms with van der Waals surface area (Å²) in [6, 6.07) is 43.0. The molecule has 0 unspecified atom stereocenters. The fourth-order valence-corrected chi connectivity index (χ4v) is 7.14. The molecule has 5 nitrogen and oxygen atoms in total. The summed E-state index contributed by atoms with van der Waals surface area (Å²) in [4.78, 5) is 4.85. The van der Waals surface area contributed by atoms with E-state index in [4.69, 9.17) is 9.72 Å². The summed E-state index contributed by atoms with van der Waals surface area (Å²) in [6.07, 6.45) is 5.63. The van der Waals surface area contributed by atoms with Crippen molar-refractivity contribution in [2.24, 2.45) is 0 Å². The molecule has 0 spiro atoms. The lowest BCUT2D eigenvalue weighted by molar-refractivity contribution is -0.572. The summed E-state index contributed by atoms with van der Waals surface area (Å²) in [5.41, 5.74) is 10.3. The molecule has 3 heterocycles. The Morgan fingerprint density at radius 3 is 1.91 bits per heavy atom. The predicted molar refractivity (Wildman–Crippen MR) is 218 cm³/mol. The third-order valence-electron chi connectivity index (χ3n) is 10.3. The van der Waals surface area contributed by atoms with Crippen molar-refractivity contribution in [1.29, 1.82) is 0 Å². The van der Waals surface area contributed by atoms with E-state index in [-0.39, 0.29) is 16.2 Å². The molecule has 0 bridgehead atoms. The average Bonchev–Trinajstić information content (AvgIpc) is 3.67. The van der Waals surface area contributed by atoms with Crippen molar-refractivity contribution in [3.8, 4) is 28.7 Å². The summed E-state index contributed by atoms with van der Waals surface area (Å²) < 4.78 is 13.2. The van der Waals surface area contributed by atoms with Crippen molar-refractivity contribution in [2.75, 3.05) is 0 Å². The van der Waals surface area contributed by atoms with Crippen molar-refractivity contribution < 1.29 is 9.30 Å². The van der Waals surface area contributed by atoms with Crippen molar-refractivity contribution >= 4 is 32.8 Å². The van der Waals surface area contributed by atoms with Gasteiger partial charge in [-0.1, -0.05) is 117 Å². The van der Waals surface area contributed by atoms with E-state index in [1.54, 1.807) is 0 Å². The topological polar surface area (TPSA) is 35.9 Å². The minimum Gasteiger partial charge on any atom is -0.458 e. The standard InChI is InChI=1S/C48H48N4O/c1-46(2,3)32-23-24-49-45(28-32)52-41-18-11-10-17-39(41)40-22-21-38(30-44(40)52)53-37-16-14-15-35(29-37)50-31-51(43-20-13-12-19-42(43)50)36-26-33(47(4,5)6)25-34(27-36)48(7,8)9/h10-30H,1-9H3. The zero-order chi connectivity index (χ0) is 37.3. The molecule has 0 atom stereocenters. The first-order valence-corrected chi connectivity index (χ1v) is 18.5. The highest BCUT2D eigenvalue weighted by molar-refractivity contribution is 6.09. The summed E-state index contributed by atoms with van der Waals surface area (Å²) in [5, 5.41) is 2.35. The van der Waals surface area contributed by atoms with Crippen LogP contribution in [0.25, 0.3) is 50.0 Å². The van der Waals surface area contributed by atoms with Gasteiger partial charge in [-0.25, -0.2) is 4.98 Å². The highest BCUT2D eigenvalue weighted by Gasteiger charge is 2.23. The number of benzene rings is 5. The first-order chi connectivity index (χ1) is 25.1. The number of hydrogen-bond donors (Lipinski definition) is 0. The van der Waals surface area contributed by atoms with Crippen LogP contribution in [-0.4, -0.2) is 14.1 Å². The Kier molecular flexibility index (Phi) is 8.10. The van der Waals surface area contributed by atoms with Gasteiger partial charge in [0.25, 0.3) is 6.33 Å². The summed E-state index contributed by atoms with van der Waals surface area (Å²) in [7, 11) is 0.